The van der Waals surface area contributed by atoms with Gasteiger partial charge in [0.1, 0.15) is 0 Å². The van der Waals surface area contributed by atoms with Gasteiger partial charge in [-0.1, -0.05) is 30.0 Å². The lowest BCUT2D eigenvalue weighted by molar-refractivity contribution is -0.384. The molecule has 10 nitrogen and oxygen atoms in total. The topological polar surface area (TPSA) is 109 Å². The van der Waals surface area contributed by atoms with Gasteiger partial charge in [-0.2, -0.15) is 0 Å². The molecule has 38 heavy (non-hydrogen) atoms. The van der Waals surface area contributed by atoms with Gasteiger partial charge in [-0.3, -0.25) is 19.5 Å². The van der Waals surface area contributed by atoms with Crippen LogP contribution in [0.4, 0.5) is 11.4 Å². The lowest BCUT2D eigenvalue weighted by atomic mass is 10.1. The van der Waals surface area contributed by atoms with E-state index in [9.17, 15) is 14.9 Å². The molecule has 0 atom stereocenters. The van der Waals surface area contributed by atoms with Gasteiger partial charge in [0, 0.05) is 36.7 Å². The lowest BCUT2D eigenvalue weighted by Gasteiger charge is -2.29. The number of thioether (sulfide) groups is 1. The van der Waals surface area contributed by atoms with Crippen LogP contribution in [0.3, 0.4) is 0 Å². The highest BCUT2D eigenvalue weighted by Gasteiger charge is 2.18. The molecule has 194 valence electrons. The average molecular weight is 533 g/mol. The van der Waals surface area contributed by atoms with Gasteiger partial charge in [-0.25, -0.2) is 4.98 Å². The van der Waals surface area contributed by atoms with Crippen LogP contribution < -0.4 is 19.9 Å². The molecule has 0 amide bonds. The third-order valence-electron chi connectivity index (χ3n) is 6.57. The zero-order valence-corrected chi connectivity index (χ0v) is 21.2. The molecule has 0 spiro atoms. The molecule has 4 aromatic rings. The Kier molecular flexibility index (Phi) is 6.61. The summed E-state index contributed by atoms with van der Waals surface area (Å²) in [6.45, 7) is 3.34. The van der Waals surface area contributed by atoms with E-state index in [0.717, 1.165) is 29.9 Å². The first kappa shape index (κ1) is 24.3. The number of non-ortho nitro benzene ring substituents is 1. The minimum absolute atomic E-state index is 0.0402. The Bertz CT molecular complexity index is 1570. The Balaban J connectivity index is 1.37. The second-order valence-corrected chi connectivity index (χ2v) is 9.93. The maximum absolute atomic E-state index is 13.9. The molecule has 0 radical (unpaired) electrons. The predicted octanol–water partition coefficient (Wildman–Crippen LogP) is 4.21. The van der Waals surface area contributed by atoms with Crippen molar-refractivity contribution in [3.05, 3.63) is 92.3 Å². The normalized spacial score (nSPS) is 14.7. The van der Waals surface area contributed by atoms with E-state index < -0.39 is 4.92 Å². The zero-order valence-electron chi connectivity index (χ0n) is 20.4. The summed E-state index contributed by atoms with van der Waals surface area (Å²) in [5.74, 6) is 1.84. The highest BCUT2D eigenvalue weighted by atomic mass is 32.2. The SMILES string of the molecule is O=c1c2cc(N3CCOCC3)ccc2nc(SCc2ccc([N+](=O)[O-])cc2)n1Cc1ccc2c(c1)OCO2. The number of hydrogen-bond acceptors (Lipinski definition) is 9. The van der Waals surface area contributed by atoms with Crippen molar-refractivity contribution in [3.63, 3.8) is 0 Å². The number of aromatic nitrogens is 2. The maximum Gasteiger partial charge on any atom is 0.269 e. The van der Waals surface area contributed by atoms with Crippen LogP contribution in [0, 0.1) is 10.1 Å². The van der Waals surface area contributed by atoms with Gasteiger partial charge in [-0.15, -0.1) is 0 Å². The van der Waals surface area contributed by atoms with Gasteiger partial charge in [0.15, 0.2) is 16.7 Å². The Labute approximate surface area is 221 Å². The number of benzene rings is 3. The number of hydrogen-bond donors (Lipinski definition) is 0. The van der Waals surface area contributed by atoms with E-state index in [-0.39, 0.29) is 18.0 Å². The van der Waals surface area contributed by atoms with Crippen molar-refractivity contribution in [2.24, 2.45) is 0 Å². The van der Waals surface area contributed by atoms with Crippen LogP contribution in [0.25, 0.3) is 10.9 Å². The quantitative estimate of drug-likeness (QED) is 0.150. The van der Waals surface area contributed by atoms with Gasteiger partial charge < -0.3 is 19.1 Å². The largest absolute Gasteiger partial charge is 0.454 e. The van der Waals surface area contributed by atoms with Crippen LogP contribution in [0.15, 0.2) is 70.6 Å². The molecule has 6 rings (SSSR count). The lowest BCUT2D eigenvalue weighted by Crippen LogP contribution is -2.36. The second kappa shape index (κ2) is 10.3. The fourth-order valence-electron chi connectivity index (χ4n) is 4.54. The van der Waals surface area contributed by atoms with Crippen molar-refractivity contribution in [1.29, 1.82) is 0 Å². The van der Waals surface area contributed by atoms with E-state index in [1.807, 2.05) is 36.4 Å². The average Bonchev–Trinajstić information content (AvgIpc) is 3.42. The number of fused-ring (bicyclic) bond motifs is 2. The zero-order chi connectivity index (χ0) is 26.1. The first-order chi connectivity index (χ1) is 18.5. The van der Waals surface area contributed by atoms with Gasteiger partial charge in [0.05, 0.1) is 35.6 Å². The second-order valence-electron chi connectivity index (χ2n) is 8.99. The number of nitro groups is 1. The van der Waals surface area contributed by atoms with Crippen LogP contribution in [0.5, 0.6) is 11.5 Å². The van der Waals surface area contributed by atoms with E-state index in [1.54, 1.807) is 16.7 Å². The van der Waals surface area contributed by atoms with Crippen LogP contribution in [0.2, 0.25) is 0 Å². The molecular weight excluding hydrogens is 508 g/mol. The van der Waals surface area contributed by atoms with Gasteiger partial charge in [0.2, 0.25) is 6.79 Å². The number of nitro benzene ring substituents is 1. The summed E-state index contributed by atoms with van der Waals surface area (Å²) in [6.07, 6.45) is 0. The minimum atomic E-state index is -0.421. The van der Waals surface area contributed by atoms with Crippen LogP contribution >= 0.6 is 11.8 Å². The Morgan fingerprint density at radius 1 is 0.947 bits per heavy atom. The first-order valence-electron chi connectivity index (χ1n) is 12.2. The number of nitrogens with zero attached hydrogens (tertiary/aromatic N) is 4. The molecule has 0 unspecified atom stereocenters. The molecule has 3 heterocycles. The van der Waals surface area contributed by atoms with Gasteiger partial charge >= 0.3 is 0 Å². The molecule has 1 fully saturated rings. The molecule has 11 heteroatoms. The number of rotatable bonds is 7. The Morgan fingerprint density at radius 2 is 1.71 bits per heavy atom. The van der Waals surface area contributed by atoms with Crippen molar-refractivity contribution in [2.75, 3.05) is 38.0 Å². The van der Waals surface area contributed by atoms with Crippen molar-refractivity contribution in [1.82, 2.24) is 9.55 Å². The van der Waals surface area contributed by atoms with Crippen molar-refractivity contribution >= 4 is 34.0 Å². The molecule has 0 saturated carbocycles. The molecule has 2 aliphatic rings. The number of ether oxygens (including phenoxy) is 3. The first-order valence-corrected chi connectivity index (χ1v) is 13.2. The van der Waals surface area contributed by atoms with E-state index in [4.69, 9.17) is 19.2 Å². The molecule has 1 saturated heterocycles. The molecule has 0 N–H and O–H groups in total. The summed E-state index contributed by atoms with van der Waals surface area (Å²) in [5, 5.41) is 12.1. The monoisotopic (exact) mass is 532 g/mol. The van der Waals surface area contributed by atoms with Gasteiger partial charge in [-0.05, 0) is 41.5 Å². The summed E-state index contributed by atoms with van der Waals surface area (Å²) in [4.78, 5) is 31.5. The maximum atomic E-state index is 13.9. The number of anilines is 1. The fraction of sp³-hybridized carbons (Fsp3) is 0.259. The standard InChI is InChI=1S/C27H24N4O6S/c32-26-22-14-21(29-9-11-35-12-10-29)6-7-23(22)28-27(38-16-18-1-4-20(5-2-18)31(33)34)30(26)15-19-3-8-24-25(13-19)37-17-36-24/h1-8,13-14H,9-12,15-17H2. The third kappa shape index (κ3) is 4.90. The molecule has 0 bridgehead atoms. The highest BCUT2D eigenvalue weighted by molar-refractivity contribution is 7.98. The summed E-state index contributed by atoms with van der Waals surface area (Å²) >= 11 is 1.42. The summed E-state index contributed by atoms with van der Waals surface area (Å²) in [6, 6.07) is 17.9. The van der Waals surface area contributed by atoms with Crippen molar-refractivity contribution in [2.45, 2.75) is 17.5 Å². The van der Waals surface area contributed by atoms with Crippen LogP contribution in [-0.2, 0) is 17.0 Å². The molecule has 0 aliphatic carbocycles. The summed E-state index contributed by atoms with van der Waals surface area (Å²) in [7, 11) is 0. The summed E-state index contributed by atoms with van der Waals surface area (Å²) < 4.78 is 18.1. The summed E-state index contributed by atoms with van der Waals surface area (Å²) in [5.41, 5.74) is 3.29. The molecule has 3 aromatic carbocycles. The van der Waals surface area contributed by atoms with Crippen molar-refractivity contribution in [3.8, 4) is 11.5 Å². The van der Waals surface area contributed by atoms with Gasteiger partial charge in [0.25, 0.3) is 11.2 Å². The van der Waals surface area contributed by atoms with E-state index >= 15 is 0 Å². The van der Waals surface area contributed by atoms with E-state index in [1.165, 1.54) is 23.9 Å². The van der Waals surface area contributed by atoms with Crippen LogP contribution in [0.1, 0.15) is 11.1 Å². The molecular formula is C27H24N4O6S. The Hall–Kier alpha value is -4.09. The Morgan fingerprint density at radius 3 is 2.50 bits per heavy atom. The number of morpholine rings is 1. The minimum Gasteiger partial charge on any atom is -0.454 e. The van der Waals surface area contributed by atoms with Crippen molar-refractivity contribution < 1.29 is 19.1 Å². The third-order valence-corrected chi connectivity index (χ3v) is 7.62. The van der Waals surface area contributed by atoms with Crippen LogP contribution in [-0.4, -0.2) is 47.6 Å². The smallest absolute Gasteiger partial charge is 0.269 e. The van der Waals surface area contributed by atoms with E-state index in [0.29, 0.717) is 53.1 Å². The fourth-order valence-corrected chi connectivity index (χ4v) is 5.49. The predicted molar refractivity (Wildman–Crippen MR) is 143 cm³/mol. The molecule has 1 aromatic heterocycles. The highest BCUT2D eigenvalue weighted by Crippen LogP contribution is 2.33. The van der Waals surface area contributed by atoms with E-state index in [2.05, 4.69) is 4.90 Å². The molecule has 2 aliphatic heterocycles.